The summed E-state index contributed by atoms with van der Waals surface area (Å²) in [5.74, 6) is 0.151. The fourth-order valence-corrected chi connectivity index (χ4v) is 4.10. The summed E-state index contributed by atoms with van der Waals surface area (Å²) < 4.78 is 25.5. The van der Waals surface area contributed by atoms with Gasteiger partial charge in [-0.15, -0.1) is 0 Å². The molecule has 0 bridgehead atoms. The number of H-pyrrole nitrogens is 1. The monoisotopic (exact) mass is 359 g/mol. The van der Waals surface area contributed by atoms with Gasteiger partial charge in [0, 0.05) is 18.5 Å². The number of nitrogens with one attached hydrogen (secondary N) is 1. The normalized spacial score (nSPS) is 19.0. The van der Waals surface area contributed by atoms with Gasteiger partial charge in [0.25, 0.3) is 5.91 Å². The molecule has 1 amide bonds. The third-order valence-corrected chi connectivity index (χ3v) is 5.60. The van der Waals surface area contributed by atoms with Crippen LogP contribution >= 0.6 is 0 Å². The van der Waals surface area contributed by atoms with Crippen molar-refractivity contribution < 1.29 is 13.6 Å². The Bertz CT molecular complexity index is 813. The van der Waals surface area contributed by atoms with Crippen LogP contribution in [-0.2, 0) is 12.8 Å². The van der Waals surface area contributed by atoms with Crippen molar-refractivity contribution in [1.82, 2.24) is 15.1 Å². The van der Waals surface area contributed by atoms with Crippen LogP contribution in [0.4, 0.5) is 8.78 Å². The van der Waals surface area contributed by atoms with Crippen LogP contribution in [-0.4, -0.2) is 40.0 Å². The number of fused-ring (bicyclic) bond motifs is 1. The lowest BCUT2D eigenvalue weighted by atomic mass is 9.98. The molecule has 1 N–H and O–H groups in total. The summed E-state index contributed by atoms with van der Waals surface area (Å²) in [7, 11) is 0. The maximum absolute atomic E-state index is 13.1. The average Bonchev–Trinajstić information content (AvgIpc) is 3.20. The molecule has 26 heavy (non-hydrogen) atoms. The van der Waals surface area contributed by atoms with Crippen LogP contribution in [0.15, 0.2) is 24.4 Å². The molecule has 2 aromatic rings. The lowest BCUT2D eigenvalue weighted by molar-refractivity contribution is 0.0729. The van der Waals surface area contributed by atoms with E-state index in [0.717, 1.165) is 25.7 Å². The number of aryl methyl sites for hydroxylation is 1. The highest BCUT2D eigenvalue weighted by Crippen LogP contribution is 2.38. The zero-order valence-electron chi connectivity index (χ0n) is 14.8. The first kappa shape index (κ1) is 17.2. The number of aromatic nitrogens is 2. The third-order valence-electron chi connectivity index (χ3n) is 5.60. The minimum atomic E-state index is -2.50. The molecular formula is C20H23F2N3O. The first-order chi connectivity index (χ1) is 12.5. The first-order valence-electron chi connectivity index (χ1n) is 9.24. The van der Waals surface area contributed by atoms with Crippen molar-refractivity contribution in [2.24, 2.45) is 0 Å². The maximum atomic E-state index is 13.1. The molecule has 4 rings (SSSR count). The minimum Gasteiger partial charge on any atom is -0.335 e. The summed E-state index contributed by atoms with van der Waals surface area (Å²) in [6.07, 6.45) is 2.48. The van der Waals surface area contributed by atoms with Crippen molar-refractivity contribution in [3.8, 4) is 0 Å². The summed E-state index contributed by atoms with van der Waals surface area (Å²) in [6, 6.07) is 6.60. The molecule has 1 fully saturated rings. The number of halogens is 2. The van der Waals surface area contributed by atoms with Crippen molar-refractivity contribution in [2.75, 3.05) is 6.54 Å². The second-order valence-corrected chi connectivity index (χ2v) is 7.42. The van der Waals surface area contributed by atoms with E-state index in [1.165, 1.54) is 22.9 Å². The number of nitrogens with zero attached hydrogens (tertiary/aromatic N) is 2. The SMILES string of the molecule is Cc1cccc2c1CCC2CN(C(=O)c1cn[nH]c1CC(F)F)C1CC1. The summed E-state index contributed by atoms with van der Waals surface area (Å²) in [6.45, 7) is 2.78. The summed E-state index contributed by atoms with van der Waals surface area (Å²) in [5.41, 5.74) is 4.58. The molecule has 6 heteroatoms. The van der Waals surface area contributed by atoms with Gasteiger partial charge in [-0.3, -0.25) is 9.89 Å². The molecule has 1 aromatic carbocycles. The van der Waals surface area contributed by atoms with Gasteiger partial charge in [0.2, 0.25) is 6.43 Å². The van der Waals surface area contributed by atoms with Crippen LogP contribution in [0.3, 0.4) is 0 Å². The Kier molecular flexibility index (Phi) is 4.51. The zero-order chi connectivity index (χ0) is 18.3. The van der Waals surface area contributed by atoms with E-state index in [0.29, 0.717) is 18.0 Å². The van der Waals surface area contributed by atoms with Gasteiger partial charge < -0.3 is 4.90 Å². The van der Waals surface area contributed by atoms with Gasteiger partial charge in [-0.25, -0.2) is 8.78 Å². The largest absolute Gasteiger partial charge is 0.335 e. The van der Waals surface area contributed by atoms with E-state index < -0.39 is 12.8 Å². The van der Waals surface area contributed by atoms with Gasteiger partial charge >= 0.3 is 0 Å². The highest BCUT2D eigenvalue weighted by molar-refractivity contribution is 5.95. The molecule has 1 unspecified atom stereocenters. The van der Waals surface area contributed by atoms with E-state index in [4.69, 9.17) is 0 Å². The maximum Gasteiger partial charge on any atom is 0.257 e. The van der Waals surface area contributed by atoms with Crippen LogP contribution in [0.2, 0.25) is 0 Å². The number of alkyl halides is 2. The van der Waals surface area contributed by atoms with Gasteiger partial charge in [-0.2, -0.15) is 5.10 Å². The molecule has 138 valence electrons. The standard InChI is InChI=1S/C20H23F2N3O/c1-12-3-2-4-16-13(5-8-15(12)16)11-25(14-6-7-14)20(26)17-10-23-24-18(17)9-19(21)22/h2-4,10,13-14,19H,5-9,11H2,1H3,(H,23,24). The van der Waals surface area contributed by atoms with Gasteiger partial charge in [-0.05, 0) is 49.3 Å². The van der Waals surface area contributed by atoms with E-state index >= 15 is 0 Å². The molecule has 0 radical (unpaired) electrons. The average molecular weight is 359 g/mol. The number of aromatic amines is 1. The summed E-state index contributed by atoms with van der Waals surface area (Å²) in [5, 5.41) is 6.40. The first-order valence-corrected chi connectivity index (χ1v) is 9.24. The van der Waals surface area contributed by atoms with E-state index in [1.54, 1.807) is 0 Å². The fourth-order valence-electron chi connectivity index (χ4n) is 4.10. The number of hydrogen-bond acceptors (Lipinski definition) is 2. The molecule has 1 aromatic heterocycles. The molecular weight excluding hydrogens is 336 g/mol. The Morgan fingerprint density at radius 2 is 2.15 bits per heavy atom. The Morgan fingerprint density at radius 1 is 1.35 bits per heavy atom. The molecule has 0 aliphatic heterocycles. The highest BCUT2D eigenvalue weighted by atomic mass is 19.3. The lowest BCUT2D eigenvalue weighted by Gasteiger charge is -2.26. The van der Waals surface area contributed by atoms with E-state index in [2.05, 4.69) is 35.3 Å². The van der Waals surface area contributed by atoms with E-state index in [9.17, 15) is 13.6 Å². The summed E-state index contributed by atoms with van der Waals surface area (Å²) >= 11 is 0. The lowest BCUT2D eigenvalue weighted by Crippen LogP contribution is -2.36. The second kappa shape index (κ2) is 6.82. The van der Waals surface area contributed by atoms with E-state index in [-0.39, 0.29) is 17.6 Å². The van der Waals surface area contributed by atoms with Gasteiger partial charge in [0.15, 0.2) is 0 Å². The van der Waals surface area contributed by atoms with Crippen LogP contribution in [0.5, 0.6) is 0 Å². The molecule has 1 heterocycles. The van der Waals surface area contributed by atoms with Gasteiger partial charge in [-0.1, -0.05) is 18.2 Å². The van der Waals surface area contributed by atoms with Crippen LogP contribution in [0.1, 0.15) is 57.9 Å². The number of rotatable bonds is 6. The fraction of sp³-hybridized carbons (Fsp3) is 0.500. The molecule has 1 atom stereocenters. The zero-order valence-corrected chi connectivity index (χ0v) is 14.8. The number of carbonyl (C=O) groups excluding carboxylic acids is 1. The predicted molar refractivity (Wildman–Crippen MR) is 94.6 cm³/mol. The van der Waals surface area contributed by atoms with Crippen LogP contribution < -0.4 is 0 Å². The molecule has 1 saturated carbocycles. The number of benzene rings is 1. The topological polar surface area (TPSA) is 49.0 Å². The van der Waals surface area contributed by atoms with Crippen molar-refractivity contribution in [3.63, 3.8) is 0 Å². The molecule has 0 spiro atoms. The predicted octanol–water partition coefficient (Wildman–Crippen LogP) is 3.86. The summed E-state index contributed by atoms with van der Waals surface area (Å²) in [4.78, 5) is 15.0. The van der Waals surface area contributed by atoms with Crippen LogP contribution in [0.25, 0.3) is 0 Å². The van der Waals surface area contributed by atoms with Crippen molar-refractivity contribution >= 4 is 5.91 Å². The van der Waals surface area contributed by atoms with Crippen molar-refractivity contribution in [2.45, 2.75) is 57.4 Å². The Labute approximate surface area is 151 Å². The molecule has 4 nitrogen and oxygen atoms in total. The third kappa shape index (κ3) is 3.24. The molecule has 2 aliphatic rings. The quantitative estimate of drug-likeness (QED) is 0.851. The molecule has 2 aliphatic carbocycles. The van der Waals surface area contributed by atoms with Crippen LogP contribution in [0, 0.1) is 6.92 Å². The molecule has 0 saturated heterocycles. The van der Waals surface area contributed by atoms with Gasteiger partial charge in [0.05, 0.1) is 23.9 Å². The second-order valence-electron chi connectivity index (χ2n) is 7.42. The Morgan fingerprint density at radius 3 is 2.88 bits per heavy atom. The van der Waals surface area contributed by atoms with Crippen molar-refractivity contribution in [3.05, 3.63) is 52.3 Å². The van der Waals surface area contributed by atoms with Gasteiger partial charge in [0.1, 0.15) is 0 Å². The number of amides is 1. The minimum absolute atomic E-state index is 0.169. The van der Waals surface area contributed by atoms with E-state index in [1.807, 2.05) is 4.90 Å². The smallest absolute Gasteiger partial charge is 0.257 e. The number of hydrogen-bond donors (Lipinski definition) is 1. The number of carbonyl (C=O) groups is 1. The Hall–Kier alpha value is -2.24. The Balaban J connectivity index is 1.56. The van der Waals surface area contributed by atoms with Crippen molar-refractivity contribution in [1.29, 1.82) is 0 Å². The highest BCUT2D eigenvalue weighted by Gasteiger charge is 2.37.